The molecule has 0 unspecified atom stereocenters. The maximum Gasteiger partial charge on any atom is 0.244 e. The lowest BCUT2D eigenvalue weighted by Crippen LogP contribution is -2.46. The molecular weight excluding hydrogens is 328 g/mol. The Morgan fingerprint density at radius 1 is 1.32 bits per heavy atom. The fourth-order valence-electron chi connectivity index (χ4n) is 2.29. The van der Waals surface area contributed by atoms with Crippen LogP contribution in [0, 0.1) is 0 Å². The minimum absolute atomic E-state index is 0.0630. The van der Waals surface area contributed by atoms with Crippen LogP contribution in [0.3, 0.4) is 0 Å². The lowest BCUT2D eigenvalue weighted by molar-refractivity contribution is 0.156. The van der Waals surface area contributed by atoms with Crippen molar-refractivity contribution in [1.29, 1.82) is 0 Å². The summed E-state index contributed by atoms with van der Waals surface area (Å²) in [5, 5.41) is 9.98. The van der Waals surface area contributed by atoms with E-state index in [4.69, 9.17) is 17.3 Å². The van der Waals surface area contributed by atoms with E-state index in [0.717, 1.165) is 26.2 Å². The third-order valence-corrected chi connectivity index (χ3v) is 5.37. The first-order valence-corrected chi connectivity index (χ1v) is 8.84. The van der Waals surface area contributed by atoms with E-state index < -0.39 is 15.8 Å². The molecule has 0 aliphatic carbocycles. The maximum absolute atomic E-state index is 12.2. The van der Waals surface area contributed by atoms with Gasteiger partial charge in [0.15, 0.2) is 5.75 Å². The van der Waals surface area contributed by atoms with Gasteiger partial charge in [-0.25, -0.2) is 13.1 Å². The smallest absolute Gasteiger partial charge is 0.244 e. The molecule has 2 rings (SSSR count). The van der Waals surface area contributed by atoms with E-state index in [1.54, 1.807) is 0 Å². The average molecular weight is 349 g/mol. The van der Waals surface area contributed by atoms with E-state index in [2.05, 4.69) is 21.6 Å². The van der Waals surface area contributed by atoms with Gasteiger partial charge in [-0.15, -0.1) is 0 Å². The van der Waals surface area contributed by atoms with Crippen LogP contribution in [-0.2, 0) is 10.0 Å². The Balaban J connectivity index is 1.97. The van der Waals surface area contributed by atoms with Crippen molar-refractivity contribution in [2.24, 2.45) is 0 Å². The van der Waals surface area contributed by atoms with E-state index in [-0.39, 0.29) is 22.2 Å². The molecule has 7 nitrogen and oxygen atoms in total. The highest BCUT2D eigenvalue weighted by Crippen LogP contribution is 2.32. The zero-order valence-electron chi connectivity index (χ0n) is 12.4. The Hall–Kier alpha value is -1.06. The van der Waals surface area contributed by atoms with Crippen molar-refractivity contribution in [1.82, 2.24) is 14.5 Å². The predicted octanol–water partition coefficient (Wildman–Crippen LogP) is 0.154. The van der Waals surface area contributed by atoms with Crippen LogP contribution in [0.5, 0.6) is 5.75 Å². The Bertz CT molecular complexity index is 630. The Labute approximate surface area is 135 Å². The van der Waals surface area contributed by atoms with E-state index in [9.17, 15) is 13.5 Å². The molecule has 1 aromatic rings. The van der Waals surface area contributed by atoms with Crippen molar-refractivity contribution in [3.63, 3.8) is 0 Å². The van der Waals surface area contributed by atoms with Crippen molar-refractivity contribution in [3.05, 3.63) is 17.2 Å². The van der Waals surface area contributed by atoms with Gasteiger partial charge in [0.05, 0.1) is 5.69 Å². The molecule has 0 spiro atoms. The Morgan fingerprint density at radius 3 is 2.59 bits per heavy atom. The summed E-state index contributed by atoms with van der Waals surface area (Å²) in [5.74, 6) is -0.475. The third-order valence-electron chi connectivity index (χ3n) is 3.67. The SMILES string of the molecule is CN1CCN(CCNS(=O)(=O)c2cc(Cl)cc(N)c2O)CC1. The van der Waals surface area contributed by atoms with Crippen molar-refractivity contribution in [2.75, 3.05) is 52.0 Å². The molecule has 1 aromatic carbocycles. The second-order valence-corrected chi connectivity index (χ2v) is 7.56. The van der Waals surface area contributed by atoms with Gasteiger partial charge < -0.3 is 15.7 Å². The molecule has 0 aromatic heterocycles. The summed E-state index contributed by atoms with van der Waals surface area (Å²) in [7, 11) is -1.79. The first kappa shape index (κ1) is 17.3. The number of sulfonamides is 1. The molecule has 1 heterocycles. The first-order chi connectivity index (χ1) is 10.3. The van der Waals surface area contributed by atoms with E-state index in [1.807, 2.05) is 0 Å². The predicted molar refractivity (Wildman–Crippen MR) is 86.7 cm³/mol. The number of benzene rings is 1. The van der Waals surface area contributed by atoms with Gasteiger partial charge in [0.1, 0.15) is 4.90 Å². The quantitative estimate of drug-likeness (QED) is 0.517. The lowest BCUT2D eigenvalue weighted by Gasteiger charge is -2.32. The highest BCUT2D eigenvalue weighted by molar-refractivity contribution is 7.89. The fourth-order valence-corrected chi connectivity index (χ4v) is 3.75. The number of likely N-dealkylation sites (N-methyl/N-ethyl adjacent to an activating group) is 1. The van der Waals surface area contributed by atoms with Gasteiger partial charge in [-0.3, -0.25) is 4.90 Å². The van der Waals surface area contributed by atoms with Gasteiger partial charge in [0.2, 0.25) is 10.0 Å². The van der Waals surface area contributed by atoms with Crippen molar-refractivity contribution in [2.45, 2.75) is 4.90 Å². The molecule has 9 heteroatoms. The molecular formula is C13H21ClN4O3S. The van der Waals surface area contributed by atoms with E-state index in [0.29, 0.717) is 6.54 Å². The van der Waals surface area contributed by atoms with Gasteiger partial charge in [-0.2, -0.15) is 0 Å². The number of halogens is 1. The highest BCUT2D eigenvalue weighted by atomic mass is 35.5. The third kappa shape index (κ3) is 4.23. The number of phenolic OH excluding ortho intramolecular Hbond substituents is 1. The van der Waals surface area contributed by atoms with Crippen LogP contribution in [0.15, 0.2) is 17.0 Å². The molecule has 0 bridgehead atoms. The van der Waals surface area contributed by atoms with Crippen LogP contribution >= 0.6 is 11.6 Å². The summed E-state index contributed by atoms with van der Waals surface area (Å²) >= 11 is 5.80. The molecule has 1 aliphatic heterocycles. The maximum atomic E-state index is 12.2. The second-order valence-electron chi connectivity index (χ2n) is 5.38. The molecule has 0 radical (unpaired) electrons. The molecule has 1 aliphatic rings. The average Bonchev–Trinajstić information content (AvgIpc) is 2.44. The number of phenols is 1. The number of nitrogen functional groups attached to an aromatic ring is 1. The topological polar surface area (TPSA) is 98.9 Å². The van der Waals surface area contributed by atoms with Crippen molar-refractivity contribution >= 4 is 27.3 Å². The van der Waals surface area contributed by atoms with Crippen LogP contribution < -0.4 is 10.5 Å². The van der Waals surface area contributed by atoms with Gasteiger partial charge in [0.25, 0.3) is 0 Å². The molecule has 22 heavy (non-hydrogen) atoms. The van der Waals surface area contributed by atoms with E-state index in [1.165, 1.54) is 12.1 Å². The van der Waals surface area contributed by atoms with Gasteiger partial charge in [-0.05, 0) is 19.2 Å². The largest absolute Gasteiger partial charge is 0.504 e. The first-order valence-electron chi connectivity index (χ1n) is 6.98. The number of aromatic hydroxyl groups is 1. The fraction of sp³-hybridized carbons (Fsp3) is 0.538. The zero-order valence-corrected chi connectivity index (χ0v) is 14.0. The normalized spacial score (nSPS) is 17.7. The standard InChI is InChI=1S/C13H21ClN4O3S/c1-17-4-6-18(7-5-17)3-2-16-22(20,21)12-9-10(14)8-11(15)13(12)19/h8-9,16,19H,2-7,15H2,1H3. The molecule has 0 atom stereocenters. The van der Waals surface area contributed by atoms with Gasteiger partial charge in [-0.1, -0.05) is 11.6 Å². The Kier molecular flexibility index (Phi) is 5.51. The summed E-state index contributed by atoms with van der Waals surface area (Å²) in [6, 6.07) is 2.49. The van der Waals surface area contributed by atoms with Crippen LogP contribution in [-0.4, -0.2) is 69.6 Å². The van der Waals surface area contributed by atoms with Gasteiger partial charge >= 0.3 is 0 Å². The van der Waals surface area contributed by atoms with Crippen LogP contribution in [0.25, 0.3) is 0 Å². The van der Waals surface area contributed by atoms with Gasteiger partial charge in [0, 0.05) is 44.3 Å². The highest BCUT2D eigenvalue weighted by Gasteiger charge is 2.21. The molecule has 4 N–H and O–H groups in total. The molecule has 124 valence electrons. The zero-order chi connectivity index (χ0) is 16.3. The van der Waals surface area contributed by atoms with E-state index >= 15 is 0 Å². The summed E-state index contributed by atoms with van der Waals surface area (Å²) in [6.45, 7) is 4.64. The minimum atomic E-state index is -3.85. The number of hydrogen-bond donors (Lipinski definition) is 3. The van der Waals surface area contributed by atoms with Crippen LogP contribution in [0.4, 0.5) is 5.69 Å². The molecule has 1 fully saturated rings. The monoisotopic (exact) mass is 348 g/mol. The molecule has 1 saturated heterocycles. The number of anilines is 1. The summed E-state index contributed by atoms with van der Waals surface area (Å²) in [5.41, 5.74) is 5.47. The lowest BCUT2D eigenvalue weighted by atomic mass is 10.3. The molecule has 0 saturated carbocycles. The summed E-state index contributed by atoms with van der Waals surface area (Å²) in [4.78, 5) is 4.12. The van der Waals surface area contributed by atoms with Crippen molar-refractivity contribution in [3.8, 4) is 5.75 Å². The van der Waals surface area contributed by atoms with Crippen LogP contribution in [0.2, 0.25) is 5.02 Å². The molecule has 0 amide bonds. The number of hydrogen-bond acceptors (Lipinski definition) is 6. The minimum Gasteiger partial charge on any atom is -0.504 e. The van der Waals surface area contributed by atoms with Crippen LogP contribution in [0.1, 0.15) is 0 Å². The number of rotatable bonds is 5. The second kappa shape index (κ2) is 7.01. The Morgan fingerprint density at radius 2 is 1.95 bits per heavy atom. The number of piperazine rings is 1. The number of nitrogens with two attached hydrogens (primary N) is 1. The summed E-state index contributed by atoms with van der Waals surface area (Å²) < 4.78 is 27.0. The summed E-state index contributed by atoms with van der Waals surface area (Å²) in [6.07, 6.45) is 0. The number of nitrogens with zero attached hydrogens (tertiary/aromatic N) is 2. The number of nitrogens with one attached hydrogen (secondary N) is 1. The van der Waals surface area contributed by atoms with Crippen molar-refractivity contribution < 1.29 is 13.5 Å².